The second-order valence-corrected chi connectivity index (χ2v) is 8.19. The molecule has 1 aliphatic heterocycles. The summed E-state index contributed by atoms with van der Waals surface area (Å²) in [4.78, 5) is 43.7. The minimum atomic E-state index is -0.538. The summed E-state index contributed by atoms with van der Waals surface area (Å²) in [5.74, 6) is 0.756. The van der Waals surface area contributed by atoms with E-state index in [-0.39, 0.29) is 17.6 Å². The maximum absolute atomic E-state index is 13.3. The van der Waals surface area contributed by atoms with Gasteiger partial charge < -0.3 is 9.32 Å². The van der Waals surface area contributed by atoms with E-state index >= 15 is 0 Å². The van der Waals surface area contributed by atoms with Gasteiger partial charge in [0, 0.05) is 38.1 Å². The van der Waals surface area contributed by atoms with Crippen molar-refractivity contribution in [2.24, 2.45) is 14.1 Å². The van der Waals surface area contributed by atoms with Gasteiger partial charge in [0.25, 0.3) is 11.5 Å². The Bertz CT molecular complexity index is 1240. The summed E-state index contributed by atoms with van der Waals surface area (Å²) in [6, 6.07) is 8.37. The van der Waals surface area contributed by atoms with Crippen LogP contribution in [0.4, 0.5) is 0 Å². The van der Waals surface area contributed by atoms with Crippen molar-refractivity contribution >= 4 is 17.5 Å². The summed E-state index contributed by atoms with van der Waals surface area (Å²) in [7, 11) is 2.87. The summed E-state index contributed by atoms with van der Waals surface area (Å²) >= 11 is 6.06. The van der Waals surface area contributed by atoms with E-state index < -0.39 is 11.2 Å². The van der Waals surface area contributed by atoms with Crippen LogP contribution in [0, 0.1) is 0 Å². The lowest BCUT2D eigenvalue weighted by Gasteiger charge is -2.34. The molecule has 0 radical (unpaired) electrons. The summed E-state index contributed by atoms with van der Waals surface area (Å²) in [6.45, 7) is 0.499. The minimum Gasteiger partial charge on any atom is -0.443 e. The number of hydrogen-bond donors (Lipinski definition) is 0. The van der Waals surface area contributed by atoms with Gasteiger partial charge in [0.1, 0.15) is 17.5 Å². The maximum atomic E-state index is 13.3. The van der Waals surface area contributed by atoms with Crippen LogP contribution in [-0.2, 0) is 20.5 Å². The van der Waals surface area contributed by atoms with Gasteiger partial charge in [0.15, 0.2) is 0 Å². The van der Waals surface area contributed by atoms with Gasteiger partial charge in [-0.05, 0) is 37.0 Å². The standard InChI is InChI=1S/C22H23ClN4O4/c1-25-18(12-19(28)26(2)22(25)30)21(29)27-9-4-3-8-17(27)20-24-13-16(31-20)11-14-6-5-7-15(23)10-14/h5-7,10,12-13,17H,3-4,8-9,11H2,1-2H3/t17-/m0/s1. The zero-order valence-electron chi connectivity index (χ0n) is 17.4. The lowest BCUT2D eigenvalue weighted by molar-refractivity contribution is 0.0557. The highest BCUT2D eigenvalue weighted by atomic mass is 35.5. The quantitative estimate of drug-likeness (QED) is 0.619. The Hall–Kier alpha value is -3.13. The Morgan fingerprint density at radius 3 is 2.77 bits per heavy atom. The van der Waals surface area contributed by atoms with Crippen molar-refractivity contribution in [1.29, 1.82) is 0 Å². The van der Waals surface area contributed by atoms with Gasteiger partial charge in [-0.2, -0.15) is 0 Å². The van der Waals surface area contributed by atoms with Gasteiger partial charge in [0.05, 0.1) is 6.20 Å². The molecule has 1 fully saturated rings. The number of halogens is 1. The third-order valence-corrected chi connectivity index (χ3v) is 5.87. The first kappa shape index (κ1) is 21.1. The number of likely N-dealkylation sites (tertiary alicyclic amines) is 1. The molecule has 3 heterocycles. The fourth-order valence-electron chi connectivity index (χ4n) is 3.92. The van der Waals surface area contributed by atoms with Gasteiger partial charge >= 0.3 is 5.69 Å². The first-order chi connectivity index (χ1) is 14.8. The van der Waals surface area contributed by atoms with Gasteiger partial charge in [0.2, 0.25) is 5.89 Å². The highest BCUT2D eigenvalue weighted by Crippen LogP contribution is 2.32. The molecule has 162 valence electrons. The normalized spacial score (nSPS) is 16.5. The van der Waals surface area contributed by atoms with Gasteiger partial charge in [-0.1, -0.05) is 23.7 Å². The average molecular weight is 443 g/mol. The van der Waals surface area contributed by atoms with E-state index in [1.54, 1.807) is 11.1 Å². The Labute approximate surface area is 183 Å². The number of carbonyl (C=O) groups excluding carboxylic acids is 1. The molecule has 1 aromatic carbocycles. The SMILES string of the molecule is Cn1c(C(=O)N2CCCC[C@H]2c2ncc(Cc3cccc(Cl)c3)o2)cc(=O)n(C)c1=O. The van der Waals surface area contributed by atoms with Crippen molar-refractivity contribution in [1.82, 2.24) is 19.0 Å². The second kappa shape index (κ2) is 8.55. The zero-order valence-corrected chi connectivity index (χ0v) is 18.1. The maximum Gasteiger partial charge on any atom is 0.331 e. The molecule has 0 N–H and O–H groups in total. The first-order valence-corrected chi connectivity index (χ1v) is 10.5. The molecule has 1 atom stereocenters. The van der Waals surface area contributed by atoms with Gasteiger partial charge in [-0.15, -0.1) is 0 Å². The van der Waals surface area contributed by atoms with E-state index in [1.807, 2.05) is 24.3 Å². The monoisotopic (exact) mass is 442 g/mol. The average Bonchev–Trinajstić information content (AvgIpc) is 3.22. The molecule has 1 saturated heterocycles. The van der Waals surface area contributed by atoms with E-state index in [2.05, 4.69) is 4.98 Å². The van der Waals surface area contributed by atoms with Crippen molar-refractivity contribution in [2.75, 3.05) is 6.54 Å². The van der Waals surface area contributed by atoms with Crippen molar-refractivity contribution in [3.63, 3.8) is 0 Å². The molecule has 3 aromatic rings. The van der Waals surface area contributed by atoms with E-state index in [1.165, 1.54) is 24.7 Å². The van der Waals surface area contributed by atoms with Crippen LogP contribution in [-0.4, -0.2) is 31.5 Å². The fraction of sp³-hybridized carbons (Fsp3) is 0.364. The van der Waals surface area contributed by atoms with Crippen LogP contribution in [0.2, 0.25) is 5.02 Å². The minimum absolute atomic E-state index is 0.0608. The van der Waals surface area contributed by atoms with Crippen molar-refractivity contribution in [3.8, 4) is 0 Å². The van der Waals surface area contributed by atoms with E-state index in [4.69, 9.17) is 16.0 Å². The number of piperidine rings is 1. The molecule has 1 aliphatic rings. The van der Waals surface area contributed by atoms with Crippen LogP contribution in [0.15, 0.2) is 50.5 Å². The predicted octanol–water partition coefficient (Wildman–Crippen LogP) is 2.68. The van der Waals surface area contributed by atoms with E-state index in [0.717, 1.165) is 23.0 Å². The molecule has 0 unspecified atom stereocenters. The van der Waals surface area contributed by atoms with Crippen molar-refractivity contribution in [3.05, 3.63) is 85.3 Å². The van der Waals surface area contributed by atoms with Crippen LogP contribution >= 0.6 is 11.6 Å². The number of benzene rings is 1. The van der Waals surface area contributed by atoms with Gasteiger partial charge in [-0.3, -0.25) is 18.7 Å². The summed E-state index contributed by atoms with van der Waals surface area (Å²) in [5.41, 5.74) is 0.0110. The number of amides is 1. The molecular formula is C22H23ClN4O4. The van der Waals surface area contributed by atoms with Crippen LogP contribution in [0.1, 0.15) is 53.0 Å². The van der Waals surface area contributed by atoms with E-state index in [0.29, 0.717) is 36.1 Å². The molecular weight excluding hydrogens is 420 g/mol. The molecule has 0 bridgehead atoms. The van der Waals surface area contributed by atoms with Crippen LogP contribution in [0.25, 0.3) is 0 Å². The topological polar surface area (TPSA) is 90.3 Å². The zero-order chi connectivity index (χ0) is 22.1. The molecule has 0 aliphatic carbocycles. The Morgan fingerprint density at radius 2 is 2.00 bits per heavy atom. The number of hydrogen-bond acceptors (Lipinski definition) is 5. The number of oxazole rings is 1. The predicted molar refractivity (Wildman–Crippen MR) is 115 cm³/mol. The highest BCUT2D eigenvalue weighted by Gasteiger charge is 2.33. The number of aromatic nitrogens is 3. The molecule has 0 saturated carbocycles. The smallest absolute Gasteiger partial charge is 0.331 e. The van der Waals surface area contributed by atoms with Crippen LogP contribution < -0.4 is 11.2 Å². The highest BCUT2D eigenvalue weighted by molar-refractivity contribution is 6.30. The summed E-state index contributed by atoms with van der Waals surface area (Å²) < 4.78 is 8.17. The molecule has 1 amide bonds. The summed E-state index contributed by atoms with van der Waals surface area (Å²) in [5, 5.41) is 0.654. The Morgan fingerprint density at radius 1 is 1.19 bits per heavy atom. The fourth-order valence-corrected chi connectivity index (χ4v) is 4.14. The van der Waals surface area contributed by atoms with Crippen LogP contribution in [0.5, 0.6) is 0 Å². The summed E-state index contributed by atoms with van der Waals surface area (Å²) in [6.07, 6.45) is 4.66. The number of nitrogens with zero attached hydrogens (tertiary/aromatic N) is 4. The lowest BCUT2D eigenvalue weighted by atomic mass is 10.0. The largest absolute Gasteiger partial charge is 0.443 e. The van der Waals surface area contributed by atoms with Crippen LogP contribution in [0.3, 0.4) is 0 Å². The molecule has 0 spiro atoms. The Balaban J connectivity index is 1.61. The second-order valence-electron chi connectivity index (χ2n) is 7.75. The molecule has 31 heavy (non-hydrogen) atoms. The van der Waals surface area contributed by atoms with Crippen molar-refractivity contribution < 1.29 is 9.21 Å². The third-order valence-electron chi connectivity index (χ3n) is 5.63. The molecule has 4 rings (SSSR count). The number of carbonyl (C=O) groups is 1. The van der Waals surface area contributed by atoms with Crippen molar-refractivity contribution in [2.45, 2.75) is 31.7 Å². The van der Waals surface area contributed by atoms with E-state index in [9.17, 15) is 14.4 Å². The third kappa shape index (κ3) is 4.20. The lowest BCUT2D eigenvalue weighted by Crippen LogP contribution is -2.44. The number of rotatable bonds is 4. The molecule has 8 nitrogen and oxygen atoms in total. The Kier molecular flexibility index (Phi) is 5.82. The molecule has 9 heteroatoms. The van der Waals surface area contributed by atoms with Gasteiger partial charge in [-0.25, -0.2) is 9.78 Å². The molecule has 2 aromatic heterocycles. The first-order valence-electron chi connectivity index (χ1n) is 10.1.